The van der Waals surface area contributed by atoms with Gasteiger partial charge in [-0.3, -0.25) is 0 Å². The van der Waals surface area contributed by atoms with Crippen molar-refractivity contribution >= 4 is 15.9 Å². The second kappa shape index (κ2) is 5.81. The van der Waals surface area contributed by atoms with Gasteiger partial charge in [-0.1, -0.05) is 19.4 Å². The van der Waals surface area contributed by atoms with Crippen molar-refractivity contribution in [1.29, 1.82) is 0 Å². The number of hydrogen-bond donors (Lipinski definition) is 2. The number of nitrogens with two attached hydrogens (primary N) is 1. The van der Waals surface area contributed by atoms with Gasteiger partial charge in [-0.2, -0.15) is 0 Å². The monoisotopic (exact) mass is 327 g/mol. The van der Waals surface area contributed by atoms with Crippen LogP contribution in [-0.2, 0) is 0 Å². The topological polar surface area (TPSA) is 55.5 Å². The van der Waals surface area contributed by atoms with Crippen LogP contribution >= 0.6 is 15.9 Å². The lowest BCUT2D eigenvalue weighted by atomic mass is 9.77. The largest absolute Gasteiger partial charge is 0.496 e. The van der Waals surface area contributed by atoms with E-state index in [1.54, 1.807) is 7.11 Å². The fourth-order valence-corrected chi connectivity index (χ4v) is 3.74. The summed E-state index contributed by atoms with van der Waals surface area (Å²) < 4.78 is 6.09. The Bertz CT molecular complexity index is 452. The zero-order valence-corrected chi connectivity index (χ0v) is 13.1. The van der Waals surface area contributed by atoms with Crippen LogP contribution < -0.4 is 10.5 Å². The average Bonchev–Trinajstić information content (AvgIpc) is 2.80. The highest BCUT2D eigenvalue weighted by molar-refractivity contribution is 9.10. The van der Waals surface area contributed by atoms with Crippen molar-refractivity contribution in [2.45, 2.75) is 32.3 Å². The van der Waals surface area contributed by atoms with Crippen molar-refractivity contribution in [2.75, 3.05) is 13.7 Å². The SMILES string of the molecule is COc1ccc(C(O)C2(CN)CCC(C)C2)cc1Br. The smallest absolute Gasteiger partial charge is 0.133 e. The van der Waals surface area contributed by atoms with E-state index in [0.717, 1.165) is 35.0 Å². The van der Waals surface area contributed by atoms with Gasteiger partial charge >= 0.3 is 0 Å². The van der Waals surface area contributed by atoms with Crippen LogP contribution in [0, 0.1) is 11.3 Å². The van der Waals surface area contributed by atoms with Crippen LogP contribution in [0.15, 0.2) is 22.7 Å². The minimum Gasteiger partial charge on any atom is -0.496 e. The third-order valence-corrected chi connectivity index (χ3v) is 4.99. The summed E-state index contributed by atoms with van der Waals surface area (Å²) in [6.45, 7) is 2.76. The Morgan fingerprint density at radius 2 is 2.32 bits per heavy atom. The molecule has 0 aromatic heterocycles. The van der Waals surface area contributed by atoms with Crippen LogP contribution in [-0.4, -0.2) is 18.8 Å². The van der Waals surface area contributed by atoms with Gasteiger partial charge in [0.1, 0.15) is 5.75 Å². The van der Waals surface area contributed by atoms with Gasteiger partial charge in [-0.05, 0) is 52.4 Å². The van der Waals surface area contributed by atoms with Crippen molar-refractivity contribution in [1.82, 2.24) is 0 Å². The zero-order valence-electron chi connectivity index (χ0n) is 11.5. The van der Waals surface area contributed by atoms with Gasteiger partial charge in [0, 0.05) is 12.0 Å². The second-order valence-electron chi connectivity index (χ2n) is 5.71. The summed E-state index contributed by atoms with van der Waals surface area (Å²) in [5.41, 5.74) is 6.70. The number of aliphatic hydroxyl groups is 1. The molecule has 0 radical (unpaired) electrons. The summed E-state index contributed by atoms with van der Waals surface area (Å²) in [4.78, 5) is 0. The van der Waals surface area contributed by atoms with Gasteiger partial charge in [0.15, 0.2) is 0 Å². The molecule has 1 aromatic carbocycles. The molecule has 1 aliphatic rings. The highest BCUT2D eigenvalue weighted by Gasteiger charge is 2.42. The summed E-state index contributed by atoms with van der Waals surface area (Å²) >= 11 is 3.47. The highest BCUT2D eigenvalue weighted by atomic mass is 79.9. The molecule has 19 heavy (non-hydrogen) atoms. The van der Waals surface area contributed by atoms with E-state index in [1.807, 2.05) is 18.2 Å². The van der Waals surface area contributed by atoms with Gasteiger partial charge in [0.25, 0.3) is 0 Å². The van der Waals surface area contributed by atoms with Crippen molar-refractivity contribution < 1.29 is 9.84 Å². The second-order valence-corrected chi connectivity index (χ2v) is 6.57. The Balaban J connectivity index is 2.27. The van der Waals surface area contributed by atoms with Gasteiger partial charge < -0.3 is 15.6 Å². The van der Waals surface area contributed by atoms with Gasteiger partial charge in [0.05, 0.1) is 17.7 Å². The molecule has 0 amide bonds. The molecule has 2 rings (SSSR count). The highest BCUT2D eigenvalue weighted by Crippen LogP contribution is 2.49. The van der Waals surface area contributed by atoms with E-state index >= 15 is 0 Å². The zero-order chi connectivity index (χ0) is 14.0. The maximum Gasteiger partial charge on any atom is 0.133 e. The molecule has 4 heteroatoms. The van der Waals surface area contributed by atoms with E-state index in [1.165, 1.54) is 0 Å². The Kier molecular flexibility index (Phi) is 4.54. The van der Waals surface area contributed by atoms with E-state index in [0.29, 0.717) is 12.5 Å². The summed E-state index contributed by atoms with van der Waals surface area (Å²) in [5, 5.41) is 10.7. The molecule has 3 N–H and O–H groups in total. The molecule has 0 spiro atoms. The fraction of sp³-hybridized carbons (Fsp3) is 0.600. The molecular formula is C15H22BrNO2. The number of hydrogen-bond acceptors (Lipinski definition) is 3. The molecule has 0 saturated heterocycles. The molecule has 3 unspecified atom stereocenters. The first-order valence-corrected chi connectivity index (χ1v) is 7.53. The number of halogens is 1. The molecule has 1 aliphatic carbocycles. The average molecular weight is 328 g/mol. The molecular weight excluding hydrogens is 306 g/mol. The van der Waals surface area contributed by atoms with E-state index in [9.17, 15) is 5.11 Å². The summed E-state index contributed by atoms with van der Waals surface area (Å²) in [7, 11) is 1.64. The number of ether oxygens (including phenoxy) is 1. The van der Waals surface area contributed by atoms with E-state index < -0.39 is 6.10 Å². The van der Waals surface area contributed by atoms with Crippen molar-refractivity contribution in [3.05, 3.63) is 28.2 Å². The quantitative estimate of drug-likeness (QED) is 0.892. The number of rotatable bonds is 4. The first-order chi connectivity index (χ1) is 9.02. The molecule has 1 fully saturated rings. The normalized spacial score (nSPS) is 28.4. The first-order valence-electron chi connectivity index (χ1n) is 6.74. The molecule has 3 atom stereocenters. The van der Waals surface area contributed by atoms with E-state index in [-0.39, 0.29) is 5.41 Å². The predicted molar refractivity (Wildman–Crippen MR) is 80.2 cm³/mol. The molecule has 0 heterocycles. The Hall–Kier alpha value is -0.580. The molecule has 1 aromatic rings. The fourth-order valence-electron chi connectivity index (χ4n) is 3.18. The first kappa shape index (κ1) is 14.8. The minimum absolute atomic E-state index is 0.173. The van der Waals surface area contributed by atoms with E-state index in [2.05, 4.69) is 22.9 Å². The Morgan fingerprint density at radius 3 is 2.79 bits per heavy atom. The van der Waals surface area contributed by atoms with Crippen LogP contribution in [0.2, 0.25) is 0 Å². The minimum atomic E-state index is -0.510. The summed E-state index contributed by atoms with van der Waals surface area (Å²) in [5.74, 6) is 1.41. The molecule has 0 aliphatic heterocycles. The Morgan fingerprint density at radius 1 is 1.58 bits per heavy atom. The lowest BCUT2D eigenvalue weighted by Crippen LogP contribution is -2.34. The molecule has 0 bridgehead atoms. The van der Waals surface area contributed by atoms with E-state index in [4.69, 9.17) is 10.5 Å². The van der Waals surface area contributed by atoms with Gasteiger partial charge in [-0.25, -0.2) is 0 Å². The van der Waals surface area contributed by atoms with Crippen LogP contribution in [0.4, 0.5) is 0 Å². The maximum atomic E-state index is 10.7. The Labute approximate surface area is 123 Å². The van der Waals surface area contributed by atoms with Crippen LogP contribution in [0.1, 0.15) is 37.9 Å². The van der Waals surface area contributed by atoms with Gasteiger partial charge in [-0.15, -0.1) is 0 Å². The van der Waals surface area contributed by atoms with Crippen molar-refractivity contribution in [3.63, 3.8) is 0 Å². The maximum absolute atomic E-state index is 10.7. The van der Waals surface area contributed by atoms with Crippen molar-refractivity contribution in [2.24, 2.45) is 17.1 Å². The van der Waals surface area contributed by atoms with Crippen LogP contribution in [0.3, 0.4) is 0 Å². The predicted octanol–water partition coefficient (Wildman–Crippen LogP) is 3.26. The molecule has 3 nitrogen and oxygen atoms in total. The molecule has 106 valence electrons. The number of methoxy groups -OCH3 is 1. The summed E-state index contributed by atoms with van der Waals surface area (Å²) in [6.07, 6.45) is 2.62. The lowest BCUT2D eigenvalue weighted by Gasteiger charge is -2.33. The van der Waals surface area contributed by atoms with Crippen LogP contribution in [0.25, 0.3) is 0 Å². The third kappa shape index (κ3) is 2.81. The van der Waals surface area contributed by atoms with Crippen LogP contribution in [0.5, 0.6) is 5.75 Å². The number of benzene rings is 1. The lowest BCUT2D eigenvalue weighted by molar-refractivity contribution is 0.0307. The number of aliphatic hydroxyl groups excluding tert-OH is 1. The van der Waals surface area contributed by atoms with Gasteiger partial charge in [0.2, 0.25) is 0 Å². The standard InChI is InChI=1S/C15H22BrNO2/c1-10-5-6-15(8-10,9-17)14(18)11-3-4-13(19-2)12(16)7-11/h3-4,7,10,14,18H,5-6,8-9,17H2,1-2H3. The van der Waals surface area contributed by atoms with Crippen molar-refractivity contribution in [3.8, 4) is 5.75 Å². The summed E-state index contributed by atoms with van der Waals surface area (Å²) in [6, 6.07) is 5.74. The third-order valence-electron chi connectivity index (χ3n) is 4.37. The molecule has 1 saturated carbocycles.